The van der Waals surface area contributed by atoms with Gasteiger partial charge in [-0.1, -0.05) is 20.8 Å². The maximum Gasteiger partial charge on any atom is 0.202 e. The van der Waals surface area contributed by atoms with Crippen molar-refractivity contribution in [3.8, 4) is 0 Å². The van der Waals surface area contributed by atoms with Crippen molar-refractivity contribution in [3.63, 3.8) is 0 Å². The van der Waals surface area contributed by atoms with Gasteiger partial charge in [0, 0.05) is 5.41 Å². The topological polar surface area (TPSA) is 26.3 Å². The lowest BCUT2D eigenvalue weighted by atomic mass is 9.89. The Morgan fingerprint density at radius 1 is 1.50 bits per heavy atom. The van der Waals surface area contributed by atoms with Gasteiger partial charge in [-0.15, -0.1) is 0 Å². The predicted molar refractivity (Wildman–Crippen MR) is 47.4 cm³/mol. The molecule has 1 aliphatic heterocycles. The van der Waals surface area contributed by atoms with Crippen LogP contribution in [0, 0.1) is 5.41 Å². The van der Waals surface area contributed by atoms with E-state index in [1.165, 1.54) is 0 Å². The first-order valence-electron chi connectivity index (χ1n) is 4.08. The highest BCUT2D eigenvalue weighted by Crippen LogP contribution is 2.22. The Morgan fingerprint density at radius 3 is 2.58 bits per heavy atom. The maximum atomic E-state index is 11.6. The minimum absolute atomic E-state index is 0.0619. The molecule has 0 aromatic heterocycles. The summed E-state index contributed by atoms with van der Waals surface area (Å²) in [5.41, 5.74) is -0.350. The first-order chi connectivity index (χ1) is 5.52. The molecule has 1 heterocycles. The van der Waals surface area contributed by atoms with Gasteiger partial charge in [0.15, 0.2) is 5.76 Å². The third kappa shape index (κ3) is 1.97. The summed E-state index contributed by atoms with van der Waals surface area (Å²) in [5.74, 6) is 0.539. The molecule has 0 fully saturated rings. The lowest BCUT2D eigenvalue weighted by Crippen LogP contribution is -2.23. The summed E-state index contributed by atoms with van der Waals surface area (Å²) in [4.78, 5) is 11.6. The fourth-order valence-electron chi connectivity index (χ4n) is 0.916. The zero-order valence-electron chi connectivity index (χ0n) is 7.76. The number of Topliss-reactive ketones (excluding diaryl/α,β-unsaturated/α-hetero) is 1. The van der Waals surface area contributed by atoms with E-state index >= 15 is 0 Å². The van der Waals surface area contributed by atoms with Crippen LogP contribution in [0.4, 0.5) is 0 Å². The van der Waals surface area contributed by atoms with E-state index in [0.717, 1.165) is 6.42 Å². The Labute approximate surface area is 72.9 Å². The van der Waals surface area contributed by atoms with E-state index in [-0.39, 0.29) is 11.2 Å². The van der Waals surface area contributed by atoms with Gasteiger partial charge >= 0.3 is 0 Å². The highest BCUT2D eigenvalue weighted by Gasteiger charge is 2.26. The zero-order valence-corrected chi connectivity index (χ0v) is 7.76. The van der Waals surface area contributed by atoms with E-state index in [2.05, 4.69) is 0 Å². The average Bonchev–Trinajstić information content (AvgIpc) is 2.03. The Kier molecular flexibility index (Phi) is 2.36. The summed E-state index contributed by atoms with van der Waals surface area (Å²) < 4.78 is 5.10. The molecule has 0 aromatic carbocycles. The molecule has 0 atom stereocenters. The van der Waals surface area contributed by atoms with Crippen LogP contribution in [0.15, 0.2) is 24.2 Å². The van der Waals surface area contributed by atoms with Crippen LogP contribution in [0.1, 0.15) is 27.2 Å². The summed E-state index contributed by atoms with van der Waals surface area (Å²) in [5, 5.41) is 0. The molecule has 0 bridgehead atoms. The molecule has 0 saturated carbocycles. The monoisotopic (exact) mass is 166 g/mol. The van der Waals surface area contributed by atoms with Crippen LogP contribution in [-0.4, -0.2) is 5.78 Å². The lowest BCUT2D eigenvalue weighted by Gasteiger charge is -2.18. The Hall–Kier alpha value is -1.05. The second-order valence-electron chi connectivity index (χ2n) is 3.87. The molecule has 0 N–H and O–H groups in total. The van der Waals surface area contributed by atoms with Gasteiger partial charge in [0.1, 0.15) is 0 Å². The minimum Gasteiger partial charge on any atom is -0.462 e. The Morgan fingerprint density at radius 2 is 2.17 bits per heavy atom. The van der Waals surface area contributed by atoms with Crippen molar-refractivity contribution < 1.29 is 9.53 Å². The van der Waals surface area contributed by atoms with Gasteiger partial charge in [0.25, 0.3) is 0 Å². The molecule has 0 aliphatic carbocycles. The molecule has 2 nitrogen and oxygen atoms in total. The molecular weight excluding hydrogens is 152 g/mol. The SMILES string of the molecule is CC(C)(C)C(=O)C1=CCC=CO1. The number of carbonyl (C=O) groups excluding carboxylic acids is 1. The predicted octanol–water partition coefficient (Wildman–Crippen LogP) is 2.42. The summed E-state index contributed by atoms with van der Waals surface area (Å²) >= 11 is 0. The second kappa shape index (κ2) is 3.13. The summed E-state index contributed by atoms with van der Waals surface area (Å²) in [6, 6.07) is 0. The van der Waals surface area contributed by atoms with Crippen LogP contribution in [0.2, 0.25) is 0 Å². The number of ketones is 1. The Balaban J connectivity index is 2.71. The Bertz CT molecular complexity index is 241. The number of hydrogen-bond acceptors (Lipinski definition) is 2. The highest BCUT2D eigenvalue weighted by molar-refractivity contribution is 5.97. The molecule has 0 saturated heterocycles. The normalized spacial score (nSPS) is 16.8. The van der Waals surface area contributed by atoms with Crippen molar-refractivity contribution in [1.82, 2.24) is 0 Å². The van der Waals surface area contributed by atoms with Gasteiger partial charge in [-0.3, -0.25) is 4.79 Å². The molecular formula is C10H14O2. The zero-order chi connectivity index (χ0) is 9.19. The molecule has 0 amide bonds. The largest absolute Gasteiger partial charge is 0.462 e. The second-order valence-corrected chi connectivity index (χ2v) is 3.87. The van der Waals surface area contributed by atoms with Gasteiger partial charge in [0.05, 0.1) is 6.26 Å². The molecule has 12 heavy (non-hydrogen) atoms. The first kappa shape index (κ1) is 9.04. The summed E-state index contributed by atoms with van der Waals surface area (Å²) in [6.45, 7) is 5.66. The third-order valence-electron chi connectivity index (χ3n) is 1.64. The molecule has 1 rings (SSSR count). The van der Waals surface area contributed by atoms with E-state index in [1.807, 2.05) is 32.9 Å². The van der Waals surface area contributed by atoms with Crippen molar-refractivity contribution >= 4 is 5.78 Å². The number of allylic oxidation sites excluding steroid dienone is 3. The molecule has 0 radical (unpaired) electrons. The van der Waals surface area contributed by atoms with Gasteiger partial charge in [-0.2, -0.15) is 0 Å². The van der Waals surface area contributed by atoms with Gasteiger partial charge < -0.3 is 4.74 Å². The van der Waals surface area contributed by atoms with Crippen molar-refractivity contribution in [2.75, 3.05) is 0 Å². The smallest absolute Gasteiger partial charge is 0.202 e. The molecule has 2 heteroatoms. The van der Waals surface area contributed by atoms with E-state index < -0.39 is 0 Å². The van der Waals surface area contributed by atoms with E-state index in [1.54, 1.807) is 6.26 Å². The fourth-order valence-corrected chi connectivity index (χ4v) is 0.916. The van der Waals surface area contributed by atoms with Crippen LogP contribution in [0.3, 0.4) is 0 Å². The minimum atomic E-state index is -0.350. The van der Waals surface area contributed by atoms with Gasteiger partial charge in [0.2, 0.25) is 5.78 Å². The molecule has 66 valence electrons. The quantitative estimate of drug-likeness (QED) is 0.598. The van der Waals surface area contributed by atoms with Crippen LogP contribution in [0.5, 0.6) is 0 Å². The van der Waals surface area contributed by atoms with E-state index in [9.17, 15) is 4.79 Å². The number of rotatable bonds is 1. The molecule has 0 spiro atoms. The van der Waals surface area contributed by atoms with Crippen molar-refractivity contribution in [2.24, 2.45) is 5.41 Å². The number of hydrogen-bond donors (Lipinski definition) is 0. The number of carbonyl (C=O) groups is 1. The van der Waals surface area contributed by atoms with E-state index in [4.69, 9.17) is 4.74 Å². The van der Waals surface area contributed by atoms with Crippen molar-refractivity contribution in [1.29, 1.82) is 0 Å². The van der Waals surface area contributed by atoms with Crippen molar-refractivity contribution in [3.05, 3.63) is 24.2 Å². The summed E-state index contributed by atoms with van der Waals surface area (Å²) in [6.07, 6.45) is 6.04. The fraction of sp³-hybridized carbons (Fsp3) is 0.500. The molecule has 0 aromatic rings. The van der Waals surface area contributed by atoms with Crippen LogP contribution < -0.4 is 0 Å². The van der Waals surface area contributed by atoms with Gasteiger partial charge in [-0.25, -0.2) is 0 Å². The van der Waals surface area contributed by atoms with Gasteiger partial charge in [-0.05, 0) is 18.6 Å². The molecule has 0 unspecified atom stereocenters. The number of ether oxygens (including phenoxy) is 1. The van der Waals surface area contributed by atoms with Crippen molar-refractivity contribution in [2.45, 2.75) is 27.2 Å². The van der Waals surface area contributed by atoms with Crippen LogP contribution in [0.25, 0.3) is 0 Å². The van der Waals surface area contributed by atoms with E-state index in [0.29, 0.717) is 5.76 Å². The summed E-state index contributed by atoms with van der Waals surface area (Å²) in [7, 11) is 0. The van der Waals surface area contributed by atoms with Crippen LogP contribution >= 0.6 is 0 Å². The average molecular weight is 166 g/mol. The third-order valence-corrected chi connectivity index (χ3v) is 1.64. The molecule has 1 aliphatic rings. The standard InChI is InChI=1S/C10H14O2/c1-10(2,3)9(11)8-6-4-5-7-12-8/h5-7H,4H2,1-3H3. The van der Waals surface area contributed by atoms with Crippen LogP contribution in [-0.2, 0) is 9.53 Å². The maximum absolute atomic E-state index is 11.6. The highest BCUT2D eigenvalue weighted by atomic mass is 16.5. The first-order valence-corrected chi connectivity index (χ1v) is 4.08. The lowest BCUT2D eigenvalue weighted by molar-refractivity contribution is -0.125.